The van der Waals surface area contributed by atoms with E-state index in [9.17, 15) is 4.79 Å². The monoisotopic (exact) mass is 203 g/mol. The van der Waals surface area contributed by atoms with Crippen molar-refractivity contribution in [1.29, 1.82) is 0 Å². The van der Waals surface area contributed by atoms with Gasteiger partial charge in [0, 0.05) is 25.7 Å². The van der Waals surface area contributed by atoms with Crippen molar-refractivity contribution in [3.05, 3.63) is 0 Å². The van der Waals surface area contributed by atoms with E-state index >= 15 is 0 Å². The molecule has 0 radical (unpaired) electrons. The van der Waals surface area contributed by atoms with Crippen LogP contribution in [0, 0.1) is 0 Å². The molecular formula is C10H21NO3. The number of aliphatic carboxylic acids is 1. The molecule has 0 rings (SSSR count). The van der Waals surface area contributed by atoms with Crippen LogP contribution < -0.4 is 0 Å². The van der Waals surface area contributed by atoms with Crippen molar-refractivity contribution >= 4 is 5.97 Å². The summed E-state index contributed by atoms with van der Waals surface area (Å²) in [5, 5.41) is 8.56. The predicted octanol–water partition coefficient (Wildman–Crippen LogP) is 1.21. The van der Waals surface area contributed by atoms with E-state index in [1.54, 1.807) is 0 Å². The summed E-state index contributed by atoms with van der Waals surface area (Å²) in [7, 11) is 0. The fraction of sp³-hybridized carbons (Fsp3) is 0.900. The zero-order valence-corrected chi connectivity index (χ0v) is 9.32. The molecule has 0 heterocycles. The number of hydrogen-bond acceptors (Lipinski definition) is 3. The predicted molar refractivity (Wildman–Crippen MR) is 55.5 cm³/mol. The maximum absolute atomic E-state index is 10.4. The minimum absolute atomic E-state index is 0.199. The average Bonchev–Trinajstić information content (AvgIpc) is 2.10. The molecule has 0 aromatic heterocycles. The highest BCUT2D eigenvalue weighted by atomic mass is 16.5. The molecule has 0 bridgehead atoms. The lowest BCUT2D eigenvalue weighted by atomic mass is 10.3. The Morgan fingerprint density at radius 1 is 1.43 bits per heavy atom. The third-order valence-corrected chi connectivity index (χ3v) is 2.07. The molecule has 0 amide bonds. The lowest BCUT2D eigenvalue weighted by Gasteiger charge is -2.25. The molecular weight excluding hydrogens is 182 g/mol. The van der Waals surface area contributed by atoms with E-state index in [0.29, 0.717) is 25.8 Å². The summed E-state index contributed by atoms with van der Waals surface area (Å²) >= 11 is 0. The van der Waals surface area contributed by atoms with Crippen LogP contribution in [0.3, 0.4) is 0 Å². The number of carboxylic acids is 1. The van der Waals surface area contributed by atoms with Gasteiger partial charge >= 0.3 is 5.97 Å². The van der Waals surface area contributed by atoms with Gasteiger partial charge in [0.25, 0.3) is 0 Å². The quantitative estimate of drug-likeness (QED) is 0.602. The summed E-state index contributed by atoms with van der Waals surface area (Å²) in [6.45, 7) is 8.87. The molecule has 84 valence electrons. The molecule has 0 atom stereocenters. The molecule has 0 spiro atoms. The summed E-state index contributed by atoms with van der Waals surface area (Å²) < 4.78 is 5.23. The van der Waals surface area contributed by atoms with Crippen molar-refractivity contribution in [2.75, 3.05) is 26.3 Å². The van der Waals surface area contributed by atoms with Crippen molar-refractivity contribution in [3.8, 4) is 0 Å². The van der Waals surface area contributed by atoms with Crippen molar-refractivity contribution in [2.45, 2.75) is 33.2 Å². The molecule has 0 aliphatic carbocycles. The highest BCUT2D eigenvalue weighted by Gasteiger charge is 2.10. The Hall–Kier alpha value is -0.610. The largest absolute Gasteiger partial charge is 0.481 e. The molecule has 4 heteroatoms. The van der Waals surface area contributed by atoms with E-state index in [2.05, 4.69) is 18.7 Å². The summed E-state index contributed by atoms with van der Waals surface area (Å²) in [4.78, 5) is 12.5. The van der Waals surface area contributed by atoms with Gasteiger partial charge in [0.15, 0.2) is 0 Å². The summed E-state index contributed by atoms with van der Waals surface area (Å²) in [6, 6.07) is 0.370. The first-order valence-corrected chi connectivity index (χ1v) is 5.11. The molecule has 0 saturated carbocycles. The fourth-order valence-electron chi connectivity index (χ4n) is 1.19. The second kappa shape index (κ2) is 7.76. The normalized spacial score (nSPS) is 11.2. The van der Waals surface area contributed by atoms with Gasteiger partial charge < -0.3 is 9.84 Å². The van der Waals surface area contributed by atoms with Crippen LogP contribution in [0.25, 0.3) is 0 Å². The minimum Gasteiger partial charge on any atom is -0.481 e. The third kappa shape index (κ3) is 6.86. The maximum atomic E-state index is 10.4. The van der Waals surface area contributed by atoms with Crippen LogP contribution in [0.5, 0.6) is 0 Å². The van der Waals surface area contributed by atoms with Gasteiger partial charge in [-0.05, 0) is 20.8 Å². The number of rotatable bonds is 8. The van der Waals surface area contributed by atoms with Crippen LogP contribution in [-0.2, 0) is 9.53 Å². The van der Waals surface area contributed by atoms with Crippen molar-refractivity contribution in [1.82, 2.24) is 4.90 Å². The number of carboxylic acid groups (broad SMARTS) is 1. The Labute approximate surface area is 85.9 Å². The molecule has 0 saturated heterocycles. The minimum atomic E-state index is -0.743. The standard InChI is InChI=1S/C10H21NO3/c1-4-14-8-7-11(9(2)3)6-5-10(12)13/h9H,4-8H2,1-3H3,(H,12,13). The molecule has 14 heavy (non-hydrogen) atoms. The van der Waals surface area contributed by atoms with Crippen LogP contribution in [0.1, 0.15) is 27.2 Å². The van der Waals surface area contributed by atoms with Crippen molar-refractivity contribution < 1.29 is 14.6 Å². The van der Waals surface area contributed by atoms with Gasteiger partial charge in [0.05, 0.1) is 13.0 Å². The van der Waals surface area contributed by atoms with Crippen molar-refractivity contribution in [2.24, 2.45) is 0 Å². The van der Waals surface area contributed by atoms with Crippen molar-refractivity contribution in [3.63, 3.8) is 0 Å². The Bertz CT molecular complexity index is 159. The Kier molecular flexibility index (Phi) is 7.42. The highest BCUT2D eigenvalue weighted by Crippen LogP contribution is 1.99. The number of ether oxygens (including phenoxy) is 1. The van der Waals surface area contributed by atoms with E-state index in [-0.39, 0.29) is 6.42 Å². The van der Waals surface area contributed by atoms with Gasteiger partial charge in [0.2, 0.25) is 0 Å². The van der Waals surface area contributed by atoms with Gasteiger partial charge in [-0.3, -0.25) is 9.69 Å². The molecule has 0 aromatic rings. The molecule has 0 aliphatic heterocycles. The number of carbonyl (C=O) groups is 1. The summed E-state index contributed by atoms with van der Waals surface area (Å²) in [6.07, 6.45) is 0.199. The Balaban J connectivity index is 3.72. The van der Waals surface area contributed by atoms with E-state index in [1.807, 2.05) is 6.92 Å². The first kappa shape index (κ1) is 13.4. The molecule has 0 aliphatic rings. The van der Waals surface area contributed by atoms with Gasteiger partial charge in [-0.15, -0.1) is 0 Å². The van der Waals surface area contributed by atoms with Crippen LogP contribution in [0.2, 0.25) is 0 Å². The van der Waals surface area contributed by atoms with Gasteiger partial charge in [-0.25, -0.2) is 0 Å². The lowest BCUT2D eigenvalue weighted by molar-refractivity contribution is -0.137. The first-order valence-electron chi connectivity index (χ1n) is 5.11. The first-order chi connectivity index (χ1) is 6.57. The zero-order valence-electron chi connectivity index (χ0n) is 9.32. The molecule has 1 N–H and O–H groups in total. The van der Waals surface area contributed by atoms with Crippen LogP contribution in [-0.4, -0.2) is 48.3 Å². The number of hydrogen-bond donors (Lipinski definition) is 1. The summed E-state index contributed by atoms with van der Waals surface area (Å²) in [5.74, 6) is -0.743. The van der Waals surface area contributed by atoms with E-state index in [4.69, 9.17) is 9.84 Å². The van der Waals surface area contributed by atoms with Gasteiger partial charge in [-0.2, -0.15) is 0 Å². The van der Waals surface area contributed by atoms with Crippen LogP contribution in [0.4, 0.5) is 0 Å². The maximum Gasteiger partial charge on any atom is 0.304 e. The smallest absolute Gasteiger partial charge is 0.304 e. The van der Waals surface area contributed by atoms with Gasteiger partial charge in [0.1, 0.15) is 0 Å². The Morgan fingerprint density at radius 3 is 2.50 bits per heavy atom. The average molecular weight is 203 g/mol. The second-order valence-corrected chi connectivity index (χ2v) is 3.47. The number of nitrogens with zero attached hydrogens (tertiary/aromatic N) is 1. The third-order valence-electron chi connectivity index (χ3n) is 2.07. The molecule has 0 unspecified atom stereocenters. The Morgan fingerprint density at radius 2 is 2.07 bits per heavy atom. The second-order valence-electron chi connectivity index (χ2n) is 3.47. The van der Waals surface area contributed by atoms with Gasteiger partial charge in [-0.1, -0.05) is 0 Å². The van der Waals surface area contributed by atoms with E-state index in [0.717, 1.165) is 6.54 Å². The summed E-state index contributed by atoms with van der Waals surface area (Å²) in [5.41, 5.74) is 0. The van der Waals surface area contributed by atoms with E-state index in [1.165, 1.54) is 0 Å². The van der Waals surface area contributed by atoms with Crippen LogP contribution in [0.15, 0.2) is 0 Å². The molecule has 4 nitrogen and oxygen atoms in total. The lowest BCUT2D eigenvalue weighted by Crippen LogP contribution is -2.35. The molecule has 0 fully saturated rings. The zero-order chi connectivity index (χ0) is 11.0. The SMILES string of the molecule is CCOCCN(CCC(=O)O)C(C)C. The molecule has 0 aromatic carbocycles. The highest BCUT2D eigenvalue weighted by molar-refractivity contribution is 5.66. The topological polar surface area (TPSA) is 49.8 Å². The van der Waals surface area contributed by atoms with E-state index < -0.39 is 5.97 Å². The fourth-order valence-corrected chi connectivity index (χ4v) is 1.19. The van der Waals surface area contributed by atoms with Crippen LogP contribution >= 0.6 is 0 Å².